The molecule has 1 unspecified atom stereocenters. The number of carbonyl (C=O) groups is 3. The second-order valence-corrected chi connectivity index (χ2v) is 12.1. The monoisotopic (exact) mass is 540 g/mol. The normalized spacial score (nSPS) is 22.3. The van der Waals surface area contributed by atoms with Crippen LogP contribution in [0.15, 0.2) is 53.4 Å². The molecule has 1 heterocycles. The van der Waals surface area contributed by atoms with Crippen molar-refractivity contribution in [3.63, 3.8) is 0 Å². The molecule has 4 rings (SSSR count). The molecule has 0 spiro atoms. The van der Waals surface area contributed by atoms with Gasteiger partial charge < -0.3 is 16.0 Å². The molecule has 38 heavy (non-hydrogen) atoms. The summed E-state index contributed by atoms with van der Waals surface area (Å²) >= 11 is 0. The van der Waals surface area contributed by atoms with Crippen LogP contribution < -0.4 is 16.0 Å². The number of hydrogen-bond donors (Lipinski definition) is 3. The van der Waals surface area contributed by atoms with Crippen molar-refractivity contribution in [2.24, 2.45) is 5.92 Å². The van der Waals surface area contributed by atoms with Crippen LogP contribution in [0.5, 0.6) is 0 Å². The molecule has 10 heteroatoms. The molecule has 2 aromatic rings. The summed E-state index contributed by atoms with van der Waals surface area (Å²) in [7, 11) is -3.78. The molecule has 1 saturated heterocycles. The smallest absolute Gasteiger partial charge is 0.251 e. The highest BCUT2D eigenvalue weighted by atomic mass is 32.2. The third-order valence-electron chi connectivity index (χ3n) is 7.37. The van der Waals surface area contributed by atoms with Gasteiger partial charge in [0.2, 0.25) is 21.8 Å². The summed E-state index contributed by atoms with van der Waals surface area (Å²) in [5.74, 6) is -1.02. The summed E-state index contributed by atoms with van der Waals surface area (Å²) in [5, 5.41) is 8.88. The van der Waals surface area contributed by atoms with Crippen LogP contribution in [0.3, 0.4) is 0 Å². The maximum atomic E-state index is 13.3. The Morgan fingerprint density at radius 2 is 1.53 bits per heavy atom. The number of rotatable bonds is 7. The highest BCUT2D eigenvalue weighted by molar-refractivity contribution is 7.89. The number of hydrogen-bond acceptors (Lipinski definition) is 5. The molecule has 2 fully saturated rings. The highest BCUT2D eigenvalue weighted by Gasteiger charge is 2.35. The van der Waals surface area contributed by atoms with Crippen LogP contribution >= 0.6 is 0 Å². The Hall–Kier alpha value is -3.24. The second kappa shape index (κ2) is 12.1. The van der Waals surface area contributed by atoms with Crippen LogP contribution in [0.1, 0.15) is 61.4 Å². The van der Waals surface area contributed by atoms with Crippen LogP contribution in [0.4, 0.5) is 5.69 Å². The first-order valence-electron chi connectivity index (χ1n) is 13.2. The van der Waals surface area contributed by atoms with Crippen LogP contribution in [0.25, 0.3) is 0 Å². The molecule has 204 valence electrons. The van der Waals surface area contributed by atoms with Gasteiger partial charge in [-0.2, -0.15) is 4.31 Å². The van der Waals surface area contributed by atoms with E-state index >= 15 is 0 Å². The zero-order valence-electron chi connectivity index (χ0n) is 21.9. The Morgan fingerprint density at radius 1 is 0.868 bits per heavy atom. The lowest BCUT2D eigenvalue weighted by molar-refractivity contribution is -0.127. The number of nitrogens with one attached hydrogen (secondary N) is 3. The molecule has 9 nitrogen and oxygen atoms in total. The lowest BCUT2D eigenvalue weighted by atomic mass is 9.89. The average Bonchev–Trinajstić information content (AvgIpc) is 2.90. The standard InChI is InChI=1S/C28H36N4O5S/c1-19-8-3-4-10-24(19)28(35)31-26-12-6-5-11-25(26)30-27(34)21-9-7-17-32(18-21)38(36,37)23-15-13-22(14-16-23)29-20(2)33/h3-4,8,10,13-16,21,25-26H,5-7,9,11-12,17-18H2,1-2H3,(H,29,33)(H,30,34)(H,31,35)/t21?,25-,26-/m1/s1. The molecule has 0 bridgehead atoms. The van der Waals surface area contributed by atoms with Crippen molar-refractivity contribution in [2.75, 3.05) is 18.4 Å². The van der Waals surface area contributed by atoms with Crippen LogP contribution in [-0.2, 0) is 19.6 Å². The average molecular weight is 541 g/mol. The maximum Gasteiger partial charge on any atom is 0.251 e. The third-order valence-corrected chi connectivity index (χ3v) is 9.25. The lowest BCUT2D eigenvalue weighted by Gasteiger charge is -2.36. The van der Waals surface area contributed by atoms with E-state index in [-0.39, 0.29) is 41.2 Å². The quantitative estimate of drug-likeness (QED) is 0.498. The van der Waals surface area contributed by atoms with Gasteiger partial charge in [0.25, 0.3) is 5.91 Å². The topological polar surface area (TPSA) is 125 Å². The summed E-state index contributed by atoms with van der Waals surface area (Å²) in [6, 6.07) is 13.1. The Morgan fingerprint density at radius 3 is 2.18 bits per heavy atom. The van der Waals surface area contributed by atoms with E-state index in [1.807, 2.05) is 25.1 Å². The Kier molecular flexibility index (Phi) is 8.83. The zero-order valence-corrected chi connectivity index (χ0v) is 22.7. The van der Waals surface area contributed by atoms with Gasteiger partial charge in [0.1, 0.15) is 0 Å². The van der Waals surface area contributed by atoms with Crippen LogP contribution in [0, 0.1) is 12.8 Å². The van der Waals surface area contributed by atoms with Gasteiger partial charge in [-0.05, 0) is 68.5 Å². The van der Waals surface area contributed by atoms with Crippen molar-refractivity contribution in [3.05, 3.63) is 59.7 Å². The molecule has 3 amide bonds. The number of sulfonamides is 1. The number of anilines is 1. The number of nitrogens with zero attached hydrogens (tertiary/aromatic N) is 1. The fraction of sp³-hybridized carbons (Fsp3) is 0.464. The molecule has 1 aliphatic carbocycles. The van der Waals surface area contributed by atoms with Crippen molar-refractivity contribution < 1.29 is 22.8 Å². The van der Waals surface area contributed by atoms with E-state index < -0.39 is 15.9 Å². The molecule has 3 N–H and O–H groups in total. The summed E-state index contributed by atoms with van der Waals surface area (Å²) in [6.07, 6.45) is 4.66. The van der Waals surface area contributed by atoms with Crippen LogP contribution in [-0.4, -0.2) is 55.6 Å². The molecule has 2 aromatic carbocycles. The number of carbonyl (C=O) groups excluding carboxylic acids is 3. The lowest BCUT2D eigenvalue weighted by Crippen LogP contribution is -2.55. The molecular weight excluding hydrogens is 504 g/mol. The first-order chi connectivity index (χ1) is 18.1. The zero-order chi connectivity index (χ0) is 27.3. The molecule has 3 atom stereocenters. The van der Waals surface area contributed by atoms with Gasteiger partial charge >= 0.3 is 0 Å². The van der Waals surface area contributed by atoms with E-state index in [0.29, 0.717) is 30.6 Å². The van der Waals surface area contributed by atoms with E-state index in [4.69, 9.17) is 0 Å². The fourth-order valence-corrected chi connectivity index (χ4v) is 6.81. The molecular formula is C28H36N4O5S. The van der Waals surface area contributed by atoms with Crippen molar-refractivity contribution >= 4 is 33.4 Å². The summed E-state index contributed by atoms with van der Waals surface area (Å²) in [6.45, 7) is 3.74. The minimum Gasteiger partial charge on any atom is -0.351 e. The maximum absolute atomic E-state index is 13.3. The van der Waals surface area contributed by atoms with Gasteiger partial charge in [0, 0.05) is 43.3 Å². The Labute approximate surface area is 224 Å². The Bertz CT molecular complexity index is 1280. The van der Waals surface area contributed by atoms with E-state index in [0.717, 1.165) is 31.2 Å². The molecule has 1 saturated carbocycles. The minimum absolute atomic E-state index is 0.106. The van der Waals surface area contributed by atoms with E-state index in [2.05, 4.69) is 16.0 Å². The van der Waals surface area contributed by atoms with Crippen molar-refractivity contribution in [1.82, 2.24) is 14.9 Å². The van der Waals surface area contributed by atoms with Gasteiger partial charge in [0.15, 0.2) is 0 Å². The fourth-order valence-electron chi connectivity index (χ4n) is 5.29. The summed E-state index contributed by atoms with van der Waals surface area (Å²) in [4.78, 5) is 37.6. The van der Waals surface area contributed by atoms with Crippen molar-refractivity contribution in [1.29, 1.82) is 0 Å². The highest BCUT2D eigenvalue weighted by Crippen LogP contribution is 2.26. The predicted molar refractivity (Wildman–Crippen MR) is 145 cm³/mol. The first kappa shape index (κ1) is 27.8. The number of piperidine rings is 1. The third kappa shape index (κ3) is 6.60. The Balaban J connectivity index is 1.39. The molecule has 2 aliphatic rings. The summed E-state index contributed by atoms with van der Waals surface area (Å²) in [5.41, 5.74) is 2.04. The van der Waals surface area contributed by atoms with Gasteiger partial charge in [-0.1, -0.05) is 31.0 Å². The molecule has 0 radical (unpaired) electrons. The number of benzene rings is 2. The van der Waals surface area contributed by atoms with Gasteiger partial charge in [-0.3, -0.25) is 14.4 Å². The van der Waals surface area contributed by atoms with Gasteiger partial charge in [-0.15, -0.1) is 0 Å². The van der Waals surface area contributed by atoms with E-state index in [1.165, 1.54) is 23.4 Å². The molecule has 1 aliphatic heterocycles. The number of amides is 3. The van der Waals surface area contributed by atoms with Gasteiger partial charge in [0.05, 0.1) is 10.8 Å². The largest absolute Gasteiger partial charge is 0.351 e. The SMILES string of the molecule is CC(=O)Nc1ccc(S(=O)(=O)N2CCCC(C(=O)N[C@@H]3CCCC[C@H]3NC(=O)c3ccccc3C)C2)cc1. The predicted octanol–water partition coefficient (Wildman–Crippen LogP) is 3.21. The first-order valence-corrected chi connectivity index (χ1v) is 14.6. The van der Waals surface area contributed by atoms with Crippen molar-refractivity contribution in [3.8, 4) is 0 Å². The second-order valence-electron chi connectivity index (χ2n) is 10.2. The van der Waals surface area contributed by atoms with Crippen molar-refractivity contribution in [2.45, 2.75) is 69.4 Å². The minimum atomic E-state index is -3.78. The summed E-state index contributed by atoms with van der Waals surface area (Å²) < 4.78 is 27.9. The number of aryl methyl sites for hydroxylation is 1. The molecule has 0 aromatic heterocycles. The van der Waals surface area contributed by atoms with E-state index in [9.17, 15) is 22.8 Å². The van der Waals surface area contributed by atoms with Crippen LogP contribution in [0.2, 0.25) is 0 Å². The van der Waals surface area contributed by atoms with E-state index in [1.54, 1.807) is 18.2 Å². The van der Waals surface area contributed by atoms with Gasteiger partial charge in [-0.25, -0.2) is 8.42 Å².